The Morgan fingerprint density at radius 1 is 1.09 bits per heavy atom. The SMILES string of the molecule is COc1cccc(/C=C/C(=O)Oc2ccc3c(c2)OCO3)c1. The summed E-state index contributed by atoms with van der Waals surface area (Å²) in [4.78, 5) is 11.8. The summed E-state index contributed by atoms with van der Waals surface area (Å²) in [5.74, 6) is 1.88. The van der Waals surface area contributed by atoms with Crippen LogP contribution in [0.5, 0.6) is 23.0 Å². The van der Waals surface area contributed by atoms with E-state index in [2.05, 4.69) is 0 Å². The summed E-state index contributed by atoms with van der Waals surface area (Å²) in [7, 11) is 1.59. The molecular formula is C17H14O5. The maximum atomic E-state index is 11.8. The van der Waals surface area contributed by atoms with Gasteiger partial charge in [0.1, 0.15) is 11.5 Å². The molecule has 0 unspecified atom stereocenters. The summed E-state index contributed by atoms with van der Waals surface area (Å²) < 4.78 is 20.8. The molecule has 0 saturated carbocycles. The number of hydrogen-bond donors (Lipinski definition) is 0. The smallest absolute Gasteiger partial charge is 0.336 e. The van der Waals surface area contributed by atoms with Crippen LogP contribution in [0.3, 0.4) is 0 Å². The standard InChI is InChI=1S/C17H14O5/c1-19-13-4-2-3-12(9-13)5-8-17(18)22-14-6-7-15-16(10-14)21-11-20-15/h2-10H,11H2,1H3/b8-5+. The van der Waals surface area contributed by atoms with Gasteiger partial charge in [0.05, 0.1) is 7.11 Å². The fourth-order valence-electron chi connectivity index (χ4n) is 2.00. The van der Waals surface area contributed by atoms with Crippen molar-refractivity contribution in [1.82, 2.24) is 0 Å². The minimum atomic E-state index is -0.471. The highest BCUT2D eigenvalue weighted by Gasteiger charge is 2.14. The van der Waals surface area contributed by atoms with Gasteiger partial charge in [-0.2, -0.15) is 0 Å². The van der Waals surface area contributed by atoms with Gasteiger partial charge in [-0.3, -0.25) is 0 Å². The molecule has 0 radical (unpaired) electrons. The van der Waals surface area contributed by atoms with Crippen molar-refractivity contribution in [3.63, 3.8) is 0 Å². The first-order valence-corrected chi connectivity index (χ1v) is 6.68. The zero-order chi connectivity index (χ0) is 15.4. The molecule has 5 nitrogen and oxygen atoms in total. The Bertz CT molecular complexity index is 721. The minimum absolute atomic E-state index is 0.183. The number of ether oxygens (including phenoxy) is 4. The van der Waals surface area contributed by atoms with Crippen LogP contribution in [0.2, 0.25) is 0 Å². The Hall–Kier alpha value is -2.95. The van der Waals surface area contributed by atoms with Gasteiger partial charge in [0.25, 0.3) is 0 Å². The summed E-state index contributed by atoms with van der Waals surface area (Å²) in [5.41, 5.74) is 0.849. The van der Waals surface area contributed by atoms with Crippen LogP contribution in [-0.4, -0.2) is 19.9 Å². The highest BCUT2D eigenvalue weighted by molar-refractivity contribution is 5.88. The van der Waals surface area contributed by atoms with Crippen molar-refractivity contribution in [1.29, 1.82) is 0 Å². The van der Waals surface area contributed by atoms with Crippen LogP contribution in [-0.2, 0) is 4.79 Å². The molecule has 1 aliphatic heterocycles. The zero-order valence-corrected chi connectivity index (χ0v) is 11.9. The lowest BCUT2D eigenvalue weighted by Crippen LogP contribution is -2.03. The van der Waals surface area contributed by atoms with E-state index in [0.29, 0.717) is 17.2 Å². The lowest BCUT2D eigenvalue weighted by molar-refractivity contribution is -0.128. The van der Waals surface area contributed by atoms with Gasteiger partial charge >= 0.3 is 5.97 Å². The first-order chi connectivity index (χ1) is 10.7. The van der Waals surface area contributed by atoms with Crippen molar-refractivity contribution >= 4 is 12.0 Å². The third-order valence-electron chi connectivity index (χ3n) is 3.07. The quantitative estimate of drug-likeness (QED) is 0.493. The van der Waals surface area contributed by atoms with Crippen molar-refractivity contribution in [2.75, 3.05) is 13.9 Å². The van der Waals surface area contributed by atoms with Crippen molar-refractivity contribution in [3.05, 3.63) is 54.1 Å². The number of hydrogen-bond acceptors (Lipinski definition) is 5. The number of carbonyl (C=O) groups excluding carboxylic acids is 1. The first-order valence-electron chi connectivity index (χ1n) is 6.68. The molecule has 3 rings (SSSR count). The molecule has 5 heteroatoms. The van der Waals surface area contributed by atoms with Gasteiger partial charge in [0.2, 0.25) is 6.79 Å². The fraction of sp³-hybridized carbons (Fsp3) is 0.118. The van der Waals surface area contributed by atoms with Crippen LogP contribution in [0.1, 0.15) is 5.56 Å². The van der Waals surface area contributed by atoms with Gasteiger partial charge in [0, 0.05) is 12.1 Å². The van der Waals surface area contributed by atoms with E-state index >= 15 is 0 Å². The summed E-state index contributed by atoms with van der Waals surface area (Å²) in [5, 5.41) is 0. The number of fused-ring (bicyclic) bond motifs is 1. The highest BCUT2D eigenvalue weighted by Crippen LogP contribution is 2.35. The van der Waals surface area contributed by atoms with E-state index in [4.69, 9.17) is 18.9 Å². The van der Waals surface area contributed by atoms with Crippen LogP contribution < -0.4 is 18.9 Å². The Morgan fingerprint density at radius 2 is 1.95 bits per heavy atom. The summed E-state index contributed by atoms with van der Waals surface area (Å²) >= 11 is 0. The maximum absolute atomic E-state index is 11.8. The molecule has 22 heavy (non-hydrogen) atoms. The predicted molar refractivity (Wildman–Crippen MR) is 80.2 cm³/mol. The molecule has 0 atom stereocenters. The van der Waals surface area contributed by atoms with Crippen molar-refractivity contribution in [3.8, 4) is 23.0 Å². The van der Waals surface area contributed by atoms with E-state index in [0.717, 1.165) is 11.3 Å². The van der Waals surface area contributed by atoms with Gasteiger partial charge in [-0.25, -0.2) is 4.79 Å². The van der Waals surface area contributed by atoms with Gasteiger partial charge in [-0.1, -0.05) is 12.1 Å². The van der Waals surface area contributed by atoms with Crippen LogP contribution >= 0.6 is 0 Å². The monoisotopic (exact) mass is 298 g/mol. The second kappa shape index (κ2) is 6.22. The van der Waals surface area contributed by atoms with E-state index in [-0.39, 0.29) is 6.79 Å². The Morgan fingerprint density at radius 3 is 2.82 bits per heavy atom. The Kier molecular flexibility index (Phi) is 3.96. The molecule has 0 aliphatic carbocycles. The van der Waals surface area contributed by atoms with Gasteiger partial charge < -0.3 is 18.9 Å². The average Bonchev–Trinajstić information content (AvgIpc) is 3.01. The Labute approximate surface area is 127 Å². The van der Waals surface area contributed by atoms with Gasteiger partial charge in [-0.05, 0) is 35.9 Å². The van der Waals surface area contributed by atoms with Gasteiger partial charge in [0.15, 0.2) is 11.5 Å². The molecule has 112 valence electrons. The van der Waals surface area contributed by atoms with Crippen molar-refractivity contribution in [2.45, 2.75) is 0 Å². The molecular weight excluding hydrogens is 284 g/mol. The number of esters is 1. The molecule has 1 aliphatic rings. The van der Waals surface area contributed by atoms with Crippen LogP contribution in [0.25, 0.3) is 6.08 Å². The second-order valence-corrected chi connectivity index (χ2v) is 4.55. The van der Waals surface area contributed by atoms with Crippen LogP contribution in [0.4, 0.5) is 0 Å². The topological polar surface area (TPSA) is 54.0 Å². The van der Waals surface area contributed by atoms with Crippen molar-refractivity contribution in [2.24, 2.45) is 0 Å². The molecule has 0 N–H and O–H groups in total. The lowest BCUT2D eigenvalue weighted by Gasteiger charge is -2.03. The minimum Gasteiger partial charge on any atom is -0.497 e. The summed E-state index contributed by atoms with van der Waals surface area (Å²) in [6, 6.07) is 12.4. The maximum Gasteiger partial charge on any atom is 0.336 e. The van der Waals surface area contributed by atoms with Crippen LogP contribution in [0, 0.1) is 0 Å². The number of rotatable bonds is 4. The average molecular weight is 298 g/mol. The molecule has 0 fully saturated rings. The number of benzene rings is 2. The molecule has 0 spiro atoms. The predicted octanol–water partition coefficient (Wildman–Crippen LogP) is 3.04. The second-order valence-electron chi connectivity index (χ2n) is 4.55. The number of carbonyl (C=O) groups is 1. The molecule has 0 aromatic heterocycles. The van der Waals surface area contributed by atoms with E-state index in [1.807, 2.05) is 24.3 Å². The van der Waals surface area contributed by atoms with E-state index in [9.17, 15) is 4.79 Å². The van der Waals surface area contributed by atoms with Crippen LogP contribution in [0.15, 0.2) is 48.5 Å². The number of methoxy groups -OCH3 is 1. The first kappa shape index (κ1) is 14.0. The normalized spacial score (nSPS) is 12.4. The largest absolute Gasteiger partial charge is 0.497 e. The van der Waals surface area contributed by atoms with Crippen molar-refractivity contribution < 1.29 is 23.7 Å². The van der Waals surface area contributed by atoms with Gasteiger partial charge in [-0.15, -0.1) is 0 Å². The summed E-state index contributed by atoms with van der Waals surface area (Å²) in [6.07, 6.45) is 3.02. The molecule has 1 heterocycles. The fourth-order valence-corrected chi connectivity index (χ4v) is 2.00. The van der Waals surface area contributed by atoms with E-state index < -0.39 is 5.97 Å². The third kappa shape index (κ3) is 3.20. The molecule has 0 saturated heterocycles. The highest BCUT2D eigenvalue weighted by atomic mass is 16.7. The lowest BCUT2D eigenvalue weighted by atomic mass is 10.2. The molecule has 0 amide bonds. The zero-order valence-electron chi connectivity index (χ0n) is 11.9. The van der Waals surface area contributed by atoms with E-state index in [1.165, 1.54) is 6.08 Å². The molecule has 0 bridgehead atoms. The summed E-state index contributed by atoms with van der Waals surface area (Å²) in [6.45, 7) is 0.183. The van der Waals surface area contributed by atoms with E-state index in [1.54, 1.807) is 31.4 Å². The molecule has 2 aromatic carbocycles. The Balaban J connectivity index is 1.65. The third-order valence-corrected chi connectivity index (χ3v) is 3.07. The molecule has 2 aromatic rings.